The minimum Gasteiger partial charge on any atom is -0.382 e. The first-order valence-electron chi connectivity index (χ1n) is 13.3. The van der Waals surface area contributed by atoms with E-state index in [4.69, 9.17) is 39.0 Å². The van der Waals surface area contributed by atoms with E-state index in [1.165, 1.54) is 36.5 Å². The maximum absolute atomic E-state index is 15.9. The van der Waals surface area contributed by atoms with Gasteiger partial charge in [0.2, 0.25) is 0 Å². The SMILES string of the molecule is C=C[C@@H]1[C@@H]2O[P@@](C)(=O)OC[C@H]3O[C@@H](n4cnc5c(N)ncnc54)[C@H](F)[C@@H]3O[P+](=O)OC[C@H]2O[C@H]1n1cnc2c(N)ncnc21. The van der Waals surface area contributed by atoms with Gasteiger partial charge in [0.25, 0.3) is 0 Å². The molecule has 0 spiro atoms. The fraction of sp³-hybridized carbons (Fsp3) is 0.478. The van der Waals surface area contributed by atoms with Crippen molar-refractivity contribution in [2.24, 2.45) is 5.92 Å². The van der Waals surface area contributed by atoms with E-state index in [9.17, 15) is 9.13 Å². The van der Waals surface area contributed by atoms with Crippen LogP contribution < -0.4 is 11.5 Å². The summed E-state index contributed by atoms with van der Waals surface area (Å²) in [5, 5.41) is 0. The number of halogens is 1. The second-order valence-electron chi connectivity index (χ2n) is 10.3. The number of nitrogens with zero attached hydrogens (tertiary/aromatic N) is 8. The number of imidazole rings is 2. The predicted molar refractivity (Wildman–Crippen MR) is 149 cm³/mol. The summed E-state index contributed by atoms with van der Waals surface area (Å²) in [4.78, 5) is 24.6. The highest BCUT2D eigenvalue weighted by Crippen LogP contribution is 2.53. The van der Waals surface area contributed by atoms with Crippen LogP contribution in [0.2, 0.25) is 0 Å². The molecule has 3 saturated heterocycles. The summed E-state index contributed by atoms with van der Waals surface area (Å²) < 4.78 is 80.4. The van der Waals surface area contributed by atoms with Gasteiger partial charge in [-0.3, -0.25) is 13.7 Å². The summed E-state index contributed by atoms with van der Waals surface area (Å²) in [6, 6.07) is 0. The normalized spacial score (nSPS) is 35.6. The number of ether oxygens (including phenoxy) is 2. The Balaban J connectivity index is 1.16. The number of alkyl halides is 1. The van der Waals surface area contributed by atoms with E-state index < -0.39 is 71.4 Å². The van der Waals surface area contributed by atoms with Crippen LogP contribution in [0.4, 0.5) is 16.0 Å². The Morgan fingerprint density at radius 2 is 1.55 bits per heavy atom. The van der Waals surface area contributed by atoms with Crippen LogP contribution in [0.5, 0.6) is 0 Å². The average Bonchev–Trinajstić information content (AvgIpc) is 3.75. The smallest absolute Gasteiger partial charge is 0.382 e. The molecule has 232 valence electrons. The number of anilines is 2. The maximum atomic E-state index is 15.9. The van der Waals surface area contributed by atoms with Crippen LogP contribution in [0.15, 0.2) is 38.0 Å². The monoisotopic (exact) mass is 651 g/mol. The topological polar surface area (TPSA) is 229 Å². The zero-order chi connectivity index (χ0) is 30.7. The van der Waals surface area contributed by atoms with Crippen LogP contribution in [0.3, 0.4) is 0 Å². The van der Waals surface area contributed by atoms with E-state index in [0.717, 1.165) is 0 Å². The Morgan fingerprint density at radius 3 is 2.18 bits per heavy atom. The lowest BCUT2D eigenvalue weighted by Crippen LogP contribution is -2.35. The lowest BCUT2D eigenvalue weighted by molar-refractivity contribution is -0.0547. The molecule has 0 radical (unpaired) electrons. The third kappa shape index (κ3) is 4.95. The number of nitrogens with two attached hydrogens (primary N) is 2. The third-order valence-electron chi connectivity index (χ3n) is 7.59. The highest BCUT2D eigenvalue weighted by atomic mass is 31.2. The van der Waals surface area contributed by atoms with Gasteiger partial charge in [0.05, 0.1) is 25.2 Å². The largest absolute Gasteiger partial charge is 0.697 e. The lowest BCUT2D eigenvalue weighted by atomic mass is 10.00. The van der Waals surface area contributed by atoms with Crippen molar-refractivity contribution in [1.29, 1.82) is 0 Å². The molecule has 0 aromatic carbocycles. The van der Waals surface area contributed by atoms with E-state index >= 15 is 4.39 Å². The molecule has 4 aromatic rings. The quantitative estimate of drug-likeness (QED) is 0.238. The Kier molecular flexibility index (Phi) is 7.37. The fourth-order valence-electron chi connectivity index (χ4n) is 5.55. The fourth-order valence-corrected chi connectivity index (χ4v) is 7.52. The van der Waals surface area contributed by atoms with E-state index in [2.05, 4.69) is 36.5 Å². The van der Waals surface area contributed by atoms with Crippen LogP contribution in [0, 0.1) is 5.92 Å². The van der Waals surface area contributed by atoms with Crippen molar-refractivity contribution < 1.29 is 41.1 Å². The molecular weight excluding hydrogens is 625 g/mol. The maximum Gasteiger partial charge on any atom is 0.697 e. The van der Waals surface area contributed by atoms with E-state index in [-0.39, 0.29) is 29.4 Å². The van der Waals surface area contributed by atoms with Crippen molar-refractivity contribution >= 4 is 49.8 Å². The molecular formula is C23H26FN10O8P2+. The van der Waals surface area contributed by atoms with Crippen molar-refractivity contribution in [2.75, 3.05) is 31.3 Å². The van der Waals surface area contributed by atoms with Gasteiger partial charge in [-0.2, -0.15) is 0 Å². The van der Waals surface area contributed by atoms with Crippen molar-refractivity contribution in [3.63, 3.8) is 0 Å². The average molecular weight is 651 g/mol. The summed E-state index contributed by atoms with van der Waals surface area (Å²) in [5.41, 5.74) is 13.0. The zero-order valence-corrected chi connectivity index (χ0v) is 24.7. The van der Waals surface area contributed by atoms with Crippen molar-refractivity contribution in [1.82, 2.24) is 39.0 Å². The molecule has 0 bridgehead atoms. The van der Waals surface area contributed by atoms with Gasteiger partial charge in [-0.25, -0.2) is 34.3 Å². The molecule has 4 N–H and O–H groups in total. The molecule has 18 nitrogen and oxygen atoms in total. The van der Waals surface area contributed by atoms with E-state index in [1.807, 2.05) is 0 Å². The third-order valence-corrected chi connectivity index (χ3v) is 9.61. The van der Waals surface area contributed by atoms with Gasteiger partial charge in [0.1, 0.15) is 54.8 Å². The molecule has 7 heterocycles. The molecule has 1 unspecified atom stereocenters. The standard InChI is InChI=1S/C23H26FN10O8P2/c1-3-10-16-11(39-22(10)33-8-31-14-18(25)27-6-29-20(14)33)4-37-43(35)41-17-12(5-38-44(2,36)42-16)40-23(13(17)24)34-9-32-15-19(26)28-7-30-21(15)34/h3,6-13,16-17,22-23H,1,4-5H2,2H3,(H2,25,27,29)(H2,26,28,30)/q+1/t10-,11-,12-,13-,16+,17-,22-,23-,44+/m1/s1. The van der Waals surface area contributed by atoms with Crippen molar-refractivity contribution in [3.8, 4) is 0 Å². The Hall–Kier alpha value is -3.54. The summed E-state index contributed by atoms with van der Waals surface area (Å²) >= 11 is 0. The Morgan fingerprint density at radius 1 is 0.955 bits per heavy atom. The molecule has 7 rings (SSSR count). The minimum atomic E-state index is -3.87. The minimum absolute atomic E-state index is 0.0974. The van der Waals surface area contributed by atoms with Crippen LogP contribution >= 0.6 is 15.9 Å². The first kappa shape index (κ1) is 29.2. The number of hydrogen-bond acceptors (Lipinski definition) is 16. The van der Waals surface area contributed by atoms with Crippen LogP contribution in [0.1, 0.15) is 12.5 Å². The molecule has 0 saturated carbocycles. The zero-order valence-electron chi connectivity index (χ0n) is 22.9. The van der Waals surface area contributed by atoms with Gasteiger partial charge >= 0.3 is 15.9 Å². The molecule has 4 aromatic heterocycles. The molecule has 21 heteroatoms. The second kappa shape index (κ2) is 11.1. The highest BCUT2D eigenvalue weighted by molar-refractivity contribution is 7.53. The van der Waals surface area contributed by atoms with Gasteiger partial charge in [-0.1, -0.05) is 6.08 Å². The molecule has 0 aliphatic carbocycles. The van der Waals surface area contributed by atoms with Gasteiger partial charge in [-0.05, 0) is 0 Å². The summed E-state index contributed by atoms with van der Waals surface area (Å²) in [6.07, 6.45) is -1.72. The van der Waals surface area contributed by atoms with Gasteiger partial charge < -0.3 is 30.0 Å². The first-order chi connectivity index (χ1) is 21.1. The van der Waals surface area contributed by atoms with Gasteiger partial charge in [0.15, 0.2) is 41.4 Å². The second-order valence-corrected chi connectivity index (χ2v) is 13.2. The highest BCUT2D eigenvalue weighted by Gasteiger charge is 2.55. The Bertz CT molecular complexity index is 1810. The molecule has 10 atom stereocenters. The van der Waals surface area contributed by atoms with Crippen LogP contribution in [-0.4, -0.2) is 89.5 Å². The van der Waals surface area contributed by atoms with E-state index in [0.29, 0.717) is 11.2 Å². The lowest BCUT2D eigenvalue weighted by Gasteiger charge is -2.26. The number of aromatic nitrogens is 8. The van der Waals surface area contributed by atoms with Crippen LogP contribution in [-0.2, 0) is 36.7 Å². The van der Waals surface area contributed by atoms with Gasteiger partial charge in [0, 0.05) is 11.2 Å². The van der Waals surface area contributed by atoms with E-state index in [1.54, 1.807) is 10.6 Å². The molecule has 3 aliphatic rings. The summed E-state index contributed by atoms with van der Waals surface area (Å²) in [6.45, 7) is 4.39. The molecule has 3 fully saturated rings. The number of rotatable bonds is 3. The molecule has 0 amide bonds. The van der Waals surface area contributed by atoms with Crippen molar-refractivity contribution in [2.45, 2.75) is 43.0 Å². The summed E-state index contributed by atoms with van der Waals surface area (Å²) in [7, 11) is -6.77. The molecule has 44 heavy (non-hydrogen) atoms. The molecule has 3 aliphatic heterocycles. The number of nitrogen functional groups attached to an aromatic ring is 2. The van der Waals surface area contributed by atoms with Crippen molar-refractivity contribution in [3.05, 3.63) is 38.0 Å². The first-order valence-corrected chi connectivity index (χ1v) is 16.3. The predicted octanol–water partition coefficient (Wildman–Crippen LogP) is 2.06. The Labute approximate surface area is 248 Å². The number of hydrogen-bond donors (Lipinski definition) is 2. The number of fused-ring (bicyclic) bond motifs is 4. The van der Waals surface area contributed by atoms with Gasteiger partial charge in [-0.15, -0.1) is 15.6 Å². The van der Waals surface area contributed by atoms with Crippen LogP contribution in [0.25, 0.3) is 22.3 Å². The summed E-state index contributed by atoms with van der Waals surface area (Å²) in [5.74, 6) is -0.358.